The van der Waals surface area contributed by atoms with Crippen LogP contribution in [0.4, 0.5) is 0 Å². The molecule has 1 amide bonds. The Morgan fingerprint density at radius 2 is 1.90 bits per heavy atom. The molecule has 1 aliphatic heterocycles. The van der Waals surface area contributed by atoms with Crippen LogP contribution in [-0.4, -0.2) is 25.7 Å². The van der Waals surface area contributed by atoms with Crippen LogP contribution in [0.15, 0.2) is 28.7 Å². The van der Waals surface area contributed by atoms with Crippen molar-refractivity contribution in [2.75, 3.05) is 19.8 Å². The van der Waals surface area contributed by atoms with Crippen molar-refractivity contribution in [3.05, 3.63) is 34.3 Å². The summed E-state index contributed by atoms with van der Waals surface area (Å²) in [7, 11) is 0. The Labute approximate surface area is 140 Å². The molecule has 6 heteroatoms. The molecule has 0 bridgehead atoms. The zero-order valence-corrected chi connectivity index (χ0v) is 14.3. The van der Waals surface area contributed by atoms with Crippen molar-refractivity contribution in [1.29, 1.82) is 0 Å². The number of nitrogens with one attached hydrogen (secondary N) is 1. The van der Waals surface area contributed by atoms with Gasteiger partial charge in [-0.2, -0.15) is 0 Å². The van der Waals surface area contributed by atoms with Gasteiger partial charge in [-0.15, -0.1) is 12.4 Å². The maximum Gasteiger partial charge on any atom is 0.220 e. The minimum Gasteiger partial charge on any atom is -0.381 e. The molecule has 0 unspecified atom stereocenters. The van der Waals surface area contributed by atoms with Crippen LogP contribution in [0.25, 0.3) is 0 Å². The second kappa shape index (κ2) is 8.73. The Hall–Kier alpha value is -0.620. The Balaban J connectivity index is 0.00000220. The number of halogens is 2. The smallest absolute Gasteiger partial charge is 0.220 e. The highest BCUT2D eigenvalue weighted by atomic mass is 79.9. The van der Waals surface area contributed by atoms with Gasteiger partial charge >= 0.3 is 0 Å². The van der Waals surface area contributed by atoms with Gasteiger partial charge in [-0.1, -0.05) is 28.1 Å². The molecule has 1 aromatic rings. The van der Waals surface area contributed by atoms with Crippen LogP contribution in [0.3, 0.4) is 0 Å². The van der Waals surface area contributed by atoms with Crippen molar-refractivity contribution in [2.45, 2.75) is 31.2 Å². The summed E-state index contributed by atoms with van der Waals surface area (Å²) < 4.78 is 6.49. The largest absolute Gasteiger partial charge is 0.381 e. The molecule has 21 heavy (non-hydrogen) atoms. The van der Waals surface area contributed by atoms with E-state index in [9.17, 15) is 4.79 Å². The lowest BCUT2D eigenvalue weighted by molar-refractivity contribution is -0.124. The Morgan fingerprint density at radius 3 is 2.48 bits per heavy atom. The molecule has 0 aliphatic carbocycles. The Kier molecular flexibility index (Phi) is 7.66. The van der Waals surface area contributed by atoms with E-state index in [1.807, 2.05) is 12.1 Å². The summed E-state index contributed by atoms with van der Waals surface area (Å²) in [5.74, 6) is 0.0697. The van der Waals surface area contributed by atoms with E-state index in [0.29, 0.717) is 26.2 Å². The number of hydrogen-bond donors (Lipinski definition) is 2. The van der Waals surface area contributed by atoms with E-state index in [2.05, 4.69) is 33.4 Å². The Morgan fingerprint density at radius 1 is 1.29 bits per heavy atom. The normalized spacial score (nSPS) is 16.9. The monoisotopic (exact) mass is 376 g/mol. The molecule has 1 heterocycles. The number of rotatable bonds is 5. The van der Waals surface area contributed by atoms with Gasteiger partial charge in [0.1, 0.15) is 0 Å². The molecular formula is C15H22BrClN2O2. The molecule has 2 rings (SSSR count). The summed E-state index contributed by atoms with van der Waals surface area (Å²) in [6.45, 7) is 1.89. The van der Waals surface area contributed by atoms with Gasteiger partial charge in [0.15, 0.2) is 0 Å². The highest BCUT2D eigenvalue weighted by Gasteiger charge is 2.35. The molecule has 0 aromatic heterocycles. The van der Waals surface area contributed by atoms with Gasteiger partial charge in [0.25, 0.3) is 0 Å². The van der Waals surface area contributed by atoms with Gasteiger partial charge in [0.05, 0.1) is 5.54 Å². The predicted octanol–water partition coefficient (Wildman–Crippen LogP) is 2.73. The van der Waals surface area contributed by atoms with E-state index < -0.39 is 0 Å². The zero-order valence-electron chi connectivity index (χ0n) is 11.9. The summed E-state index contributed by atoms with van der Waals surface area (Å²) in [5, 5.41) is 3.21. The topological polar surface area (TPSA) is 64.4 Å². The van der Waals surface area contributed by atoms with Gasteiger partial charge in [-0.25, -0.2) is 0 Å². The lowest BCUT2D eigenvalue weighted by Crippen LogP contribution is -2.49. The van der Waals surface area contributed by atoms with Crippen molar-refractivity contribution in [3.8, 4) is 0 Å². The van der Waals surface area contributed by atoms with Crippen molar-refractivity contribution in [1.82, 2.24) is 5.32 Å². The van der Waals surface area contributed by atoms with E-state index in [1.54, 1.807) is 0 Å². The van der Waals surface area contributed by atoms with Crippen LogP contribution >= 0.6 is 28.3 Å². The first kappa shape index (κ1) is 18.4. The number of amides is 1. The first-order valence-electron chi connectivity index (χ1n) is 7.01. The van der Waals surface area contributed by atoms with Crippen LogP contribution in [-0.2, 0) is 15.1 Å². The van der Waals surface area contributed by atoms with Gasteiger partial charge in [0.2, 0.25) is 5.91 Å². The average Bonchev–Trinajstić information content (AvgIpc) is 2.46. The zero-order chi connectivity index (χ0) is 14.4. The number of ether oxygens (including phenoxy) is 1. The minimum atomic E-state index is -0.301. The number of hydrogen-bond acceptors (Lipinski definition) is 3. The molecule has 0 atom stereocenters. The molecular weight excluding hydrogens is 356 g/mol. The van der Waals surface area contributed by atoms with Crippen molar-refractivity contribution < 1.29 is 9.53 Å². The van der Waals surface area contributed by atoms with E-state index in [-0.39, 0.29) is 23.9 Å². The molecule has 1 saturated heterocycles. The molecule has 1 aromatic carbocycles. The highest BCUT2D eigenvalue weighted by Crippen LogP contribution is 2.33. The number of benzene rings is 1. The van der Waals surface area contributed by atoms with Gasteiger partial charge in [0, 0.05) is 24.1 Å². The molecule has 1 aliphatic rings. The van der Waals surface area contributed by atoms with Crippen LogP contribution in [0.1, 0.15) is 31.2 Å². The fourth-order valence-electron chi connectivity index (χ4n) is 2.57. The molecule has 0 radical (unpaired) electrons. The van der Waals surface area contributed by atoms with Crippen molar-refractivity contribution in [2.24, 2.45) is 5.73 Å². The third-order valence-electron chi connectivity index (χ3n) is 3.73. The lowest BCUT2D eigenvalue weighted by atomic mass is 9.82. The van der Waals surface area contributed by atoms with Crippen LogP contribution < -0.4 is 11.1 Å². The first-order valence-corrected chi connectivity index (χ1v) is 7.80. The second-order valence-corrected chi connectivity index (χ2v) is 6.06. The molecule has 0 spiro atoms. The van der Waals surface area contributed by atoms with Crippen LogP contribution in [0.5, 0.6) is 0 Å². The number of carbonyl (C=O) groups excluding carboxylic acids is 1. The van der Waals surface area contributed by atoms with E-state index >= 15 is 0 Å². The van der Waals surface area contributed by atoms with Crippen LogP contribution in [0.2, 0.25) is 0 Å². The van der Waals surface area contributed by atoms with Gasteiger partial charge < -0.3 is 15.8 Å². The fourth-order valence-corrected chi connectivity index (χ4v) is 2.83. The third-order valence-corrected chi connectivity index (χ3v) is 4.26. The highest BCUT2D eigenvalue weighted by molar-refractivity contribution is 9.10. The van der Waals surface area contributed by atoms with Gasteiger partial charge in [-0.05, 0) is 43.5 Å². The minimum absolute atomic E-state index is 0. The summed E-state index contributed by atoms with van der Waals surface area (Å²) in [6.07, 6.45) is 2.82. The number of nitrogens with two attached hydrogens (primary N) is 1. The summed E-state index contributed by atoms with van der Waals surface area (Å²) in [6, 6.07) is 8.16. The maximum absolute atomic E-state index is 12.1. The lowest BCUT2D eigenvalue weighted by Gasteiger charge is -2.38. The average molecular weight is 378 g/mol. The molecule has 0 saturated carbocycles. The van der Waals surface area contributed by atoms with Crippen LogP contribution in [0, 0.1) is 0 Å². The van der Waals surface area contributed by atoms with Crippen molar-refractivity contribution >= 4 is 34.2 Å². The quantitative estimate of drug-likeness (QED) is 0.829. The second-order valence-electron chi connectivity index (χ2n) is 5.14. The van der Waals surface area contributed by atoms with Crippen molar-refractivity contribution in [3.63, 3.8) is 0 Å². The Bertz CT molecular complexity index is 447. The first-order chi connectivity index (χ1) is 9.66. The van der Waals surface area contributed by atoms with E-state index in [1.165, 1.54) is 0 Å². The summed E-state index contributed by atoms with van der Waals surface area (Å²) in [4.78, 5) is 12.1. The summed E-state index contributed by atoms with van der Waals surface area (Å²) in [5.41, 5.74) is 6.31. The summed E-state index contributed by atoms with van der Waals surface area (Å²) >= 11 is 3.45. The maximum atomic E-state index is 12.1. The fraction of sp³-hybridized carbons (Fsp3) is 0.533. The molecule has 118 valence electrons. The molecule has 4 nitrogen and oxygen atoms in total. The van der Waals surface area contributed by atoms with Gasteiger partial charge in [-0.3, -0.25) is 4.79 Å². The predicted molar refractivity (Wildman–Crippen MR) is 89.6 cm³/mol. The third kappa shape index (κ3) is 4.95. The SMILES string of the molecule is Cl.NCCCC(=O)NC1(c2ccc(Br)cc2)CCOCC1. The molecule has 1 fully saturated rings. The van der Waals surface area contributed by atoms with E-state index in [0.717, 1.165) is 29.3 Å². The number of carbonyl (C=O) groups is 1. The molecule has 3 N–H and O–H groups in total. The van der Waals surface area contributed by atoms with E-state index in [4.69, 9.17) is 10.5 Å². The standard InChI is InChI=1S/C15H21BrN2O2.ClH/c16-13-5-3-12(4-6-13)15(7-10-20-11-8-15)18-14(19)2-1-9-17;/h3-6H,1-2,7-11,17H2,(H,18,19);1H.